The molecule has 2 aromatic carbocycles. The second-order valence-corrected chi connectivity index (χ2v) is 5.85. The van der Waals surface area contributed by atoms with E-state index in [9.17, 15) is 0 Å². The van der Waals surface area contributed by atoms with Crippen molar-refractivity contribution >= 4 is 33.5 Å². The summed E-state index contributed by atoms with van der Waals surface area (Å²) >= 11 is 3.46. The molecule has 0 saturated carbocycles. The van der Waals surface area contributed by atoms with Crippen LogP contribution in [0.4, 0.5) is 17.6 Å². The van der Waals surface area contributed by atoms with Gasteiger partial charge in [0, 0.05) is 10.2 Å². The van der Waals surface area contributed by atoms with Crippen LogP contribution >= 0.6 is 15.9 Å². The molecule has 3 N–H and O–H groups in total. The standard InChI is InChI=1S/C16H16BrN5O/c1-23-14-7-5-13(6-8-14)19-16-20-15(18)22(21-16)10-11-3-2-4-12(17)9-11/h2-9H,10H2,1H3,(H3,18,19,20,21). The smallest absolute Gasteiger partial charge is 0.248 e. The second kappa shape index (κ2) is 6.70. The summed E-state index contributed by atoms with van der Waals surface area (Å²) in [6, 6.07) is 15.5. The van der Waals surface area contributed by atoms with Crippen LogP contribution in [-0.4, -0.2) is 21.9 Å². The lowest BCUT2D eigenvalue weighted by Gasteiger charge is -2.04. The number of hydrogen-bond acceptors (Lipinski definition) is 5. The Bertz CT molecular complexity index is 800. The van der Waals surface area contributed by atoms with Crippen LogP contribution in [0.3, 0.4) is 0 Å². The fourth-order valence-corrected chi connectivity index (χ4v) is 2.58. The number of anilines is 3. The molecule has 7 heteroatoms. The van der Waals surface area contributed by atoms with Crippen LogP contribution in [0.1, 0.15) is 5.56 Å². The highest BCUT2D eigenvalue weighted by Crippen LogP contribution is 2.19. The van der Waals surface area contributed by atoms with Gasteiger partial charge < -0.3 is 15.8 Å². The summed E-state index contributed by atoms with van der Waals surface area (Å²) in [6.07, 6.45) is 0. The predicted octanol–water partition coefficient (Wildman–Crippen LogP) is 3.42. The van der Waals surface area contributed by atoms with Gasteiger partial charge in [-0.1, -0.05) is 28.1 Å². The Kier molecular flexibility index (Phi) is 4.47. The fourth-order valence-electron chi connectivity index (χ4n) is 2.14. The summed E-state index contributed by atoms with van der Waals surface area (Å²) in [4.78, 5) is 4.24. The van der Waals surface area contributed by atoms with Crippen LogP contribution in [0, 0.1) is 0 Å². The first kappa shape index (κ1) is 15.4. The molecule has 6 nitrogen and oxygen atoms in total. The Morgan fingerprint density at radius 3 is 2.70 bits per heavy atom. The highest BCUT2D eigenvalue weighted by Gasteiger charge is 2.08. The van der Waals surface area contributed by atoms with Gasteiger partial charge in [0.2, 0.25) is 11.9 Å². The maximum atomic E-state index is 5.94. The van der Waals surface area contributed by atoms with Crippen LogP contribution in [0.15, 0.2) is 53.0 Å². The molecule has 0 bridgehead atoms. The van der Waals surface area contributed by atoms with E-state index in [4.69, 9.17) is 10.5 Å². The number of nitrogens with one attached hydrogen (secondary N) is 1. The van der Waals surface area contributed by atoms with Crippen molar-refractivity contribution < 1.29 is 4.74 Å². The van der Waals surface area contributed by atoms with E-state index >= 15 is 0 Å². The van der Waals surface area contributed by atoms with Crippen molar-refractivity contribution in [3.05, 3.63) is 58.6 Å². The van der Waals surface area contributed by atoms with E-state index in [-0.39, 0.29) is 0 Å². The SMILES string of the molecule is COc1ccc(Nc2nc(N)n(Cc3cccc(Br)c3)n2)cc1. The Morgan fingerprint density at radius 1 is 1.22 bits per heavy atom. The Hall–Kier alpha value is -2.54. The van der Waals surface area contributed by atoms with E-state index in [1.807, 2.05) is 48.5 Å². The minimum atomic E-state index is 0.362. The van der Waals surface area contributed by atoms with Crippen molar-refractivity contribution in [3.63, 3.8) is 0 Å². The van der Waals surface area contributed by atoms with Crippen LogP contribution < -0.4 is 15.8 Å². The van der Waals surface area contributed by atoms with E-state index in [0.29, 0.717) is 18.4 Å². The quantitative estimate of drug-likeness (QED) is 0.716. The average molecular weight is 374 g/mol. The maximum Gasteiger partial charge on any atom is 0.248 e. The number of rotatable bonds is 5. The summed E-state index contributed by atoms with van der Waals surface area (Å²) in [5.74, 6) is 1.62. The highest BCUT2D eigenvalue weighted by atomic mass is 79.9. The second-order valence-electron chi connectivity index (χ2n) is 4.93. The third-order valence-corrected chi connectivity index (χ3v) is 3.76. The molecule has 0 amide bonds. The third kappa shape index (κ3) is 3.81. The lowest BCUT2D eigenvalue weighted by Crippen LogP contribution is -2.06. The van der Waals surface area contributed by atoms with Gasteiger partial charge in [0.15, 0.2) is 0 Å². The van der Waals surface area contributed by atoms with Gasteiger partial charge in [-0.15, -0.1) is 5.10 Å². The molecule has 0 fully saturated rings. The fraction of sp³-hybridized carbons (Fsp3) is 0.125. The molecule has 118 valence electrons. The first-order valence-electron chi connectivity index (χ1n) is 7.00. The molecule has 3 rings (SSSR count). The molecule has 23 heavy (non-hydrogen) atoms. The van der Waals surface area contributed by atoms with E-state index < -0.39 is 0 Å². The highest BCUT2D eigenvalue weighted by molar-refractivity contribution is 9.10. The first-order valence-corrected chi connectivity index (χ1v) is 7.79. The number of halogens is 1. The number of ether oxygens (including phenoxy) is 1. The molecule has 3 aromatic rings. The molecule has 1 aromatic heterocycles. The molecule has 0 aliphatic rings. The zero-order chi connectivity index (χ0) is 16.2. The summed E-state index contributed by atoms with van der Waals surface area (Å²) in [5.41, 5.74) is 7.90. The van der Waals surface area contributed by atoms with Crippen LogP contribution in [0.25, 0.3) is 0 Å². The topological polar surface area (TPSA) is 78.0 Å². The van der Waals surface area contributed by atoms with Gasteiger partial charge in [0.05, 0.1) is 13.7 Å². The summed E-state index contributed by atoms with van der Waals surface area (Å²) < 4.78 is 7.81. The van der Waals surface area contributed by atoms with Crippen molar-refractivity contribution in [3.8, 4) is 5.75 Å². The van der Waals surface area contributed by atoms with Crippen molar-refractivity contribution in [2.45, 2.75) is 6.54 Å². The van der Waals surface area contributed by atoms with Crippen molar-refractivity contribution in [1.29, 1.82) is 0 Å². The number of nitrogen functional groups attached to an aromatic ring is 1. The Balaban J connectivity index is 1.74. The molecular formula is C16H16BrN5O. The molecule has 0 unspecified atom stereocenters. The minimum absolute atomic E-state index is 0.362. The molecule has 0 saturated heterocycles. The first-order chi connectivity index (χ1) is 11.1. The van der Waals surface area contributed by atoms with Crippen molar-refractivity contribution in [2.75, 3.05) is 18.2 Å². The largest absolute Gasteiger partial charge is 0.497 e. The monoisotopic (exact) mass is 373 g/mol. The molecule has 0 spiro atoms. The average Bonchev–Trinajstić information content (AvgIpc) is 2.87. The van der Waals surface area contributed by atoms with Crippen LogP contribution in [-0.2, 0) is 6.54 Å². The van der Waals surface area contributed by atoms with E-state index in [2.05, 4.69) is 31.3 Å². The zero-order valence-corrected chi connectivity index (χ0v) is 14.1. The van der Waals surface area contributed by atoms with Gasteiger partial charge in [-0.25, -0.2) is 4.68 Å². The van der Waals surface area contributed by atoms with Gasteiger partial charge in [0.25, 0.3) is 0 Å². The van der Waals surface area contributed by atoms with Gasteiger partial charge in [0.1, 0.15) is 5.75 Å². The van der Waals surface area contributed by atoms with Gasteiger partial charge in [-0.3, -0.25) is 0 Å². The molecule has 0 atom stereocenters. The third-order valence-electron chi connectivity index (χ3n) is 3.27. The van der Waals surface area contributed by atoms with Gasteiger partial charge >= 0.3 is 0 Å². The Morgan fingerprint density at radius 2 is 2.00 bits per heavy atom. The summed E-state index contributed by atoms with van der Waals surface area (Å²) in [6.45, 7) is 0.558. The number of aromatic nitrogens is 3. The number of hydrogen-bond donors (Lipinski definition) is 2. The van der Waals surface area contributed by atoms with Crippen molar-refractivity contribution in [2.24, 2.45) is 0 Å². The molecule has 0 aliphatic heterocycles. The molecule has 1 heterocycles. The summed E-state index contributed by atoms with van der Waals surface area (Å²) in [7, 11) is 1.63. The number of nitrogens with zero attached hydrogens (tertiary/aromatic N) is 3. The van der Waals surface area contributed by atoms with E-state index in [0.717, 1.165) is 21.5 Å². The lowest BCUT2D eigenvalue weighted by molar-refractivity contribution is 0.415. The summed E-state index contributed by atoms with van der Waals surface area (Å²) in [5, 5.41) is 7.52. The predicted molar refractivity (Wildman–Crippen MR) is 94.0 cm³/mol. The minimum Gasteiger partial charge on any atom is -0.497 e. The zero-order valence-electron chi connectivity index (χ0n) is 12.5. The normalized spacial score (nSPS) is 10.5. The number of benzene rings is 2. The molecule has 0 radical (unpaired) electrons. The lowest BCUT2D eigenvalue weighted by atomic mass is 10.2. The number of methoxy groups -OCH3 is 1. The number of nitrogens with two attached hydrogens (primary N) is 1. The molecule has 0 aliphatic carbocycles. The van der Waals surface area contributed by atoms with Crippen molar-refractivity contribution in [1.82, 2.24) is 14.8 Å². The van der Waals surface area contributed by atoms with Crippen LogP contribution in [0.2, 0.25) is 0 Å². The van der Waals surface area contributed by atoms with E-state index in [1.54, 1.807) is 11.8 Å². The van der Waals surface area contributed by atoms with Gasteiger partial charge in [-0.05, 0) is 42.0 Å². The Labute approximate surface area is 142 Å². The molecular weight excluding hydrogens is 358 g/mol. The maximum absolute atomic E-state index is 5.94. The van der Waals surface area contributed by atoms with E-state index in [1.165, 1.54) is 0 Å². The van der Waals surface area contributed by atoms with Crippen LogP contribution in [0.5, 0.6) is 5.75 Å². The van der Waals surface area contributed by atoms with Gasteiger partial charge in [-0.2, -0.15) is 4.98 Å².